The molecule has 0 saturated heterocycles. The van der Waals surface area contributed by atoms with Gasteiger partial charge in [0.2, 0.25) is 0 Å². The number of hydrazine groups is 2. The van der Waals surface area contributed by atoms with Gasteiger partial charge in [0.25, 0.3) is 0 Å². The van der Waals surface area contributed by atoms with E-state index in [1.54, 1.807) is 0 Å². The quantitative estimate of drug-likeness (QED) is 0.419. The van der Waals surface area contributed by atoms with Gasteiger partial charge in [-0.3, -0.25) is 0 Å². The van der Waals surface area contributed by atoms with Crippen molar-refractivity contribution in [3.05, 3.63) is 46.0 Å². The fourth-order valence-corrected chi connectivity index (χ4v) is 0.970. The molecule has 0 heterocycles. The molecule has 1 aromatic rings. The van der Waals surface area contributed by atoms with E-state index in [0.29, 0.717) is 11.5 Å². The zero-order chi connectivity index (χ0) is 9.68. The maximum Gasteiger partial charge on any atom is 0.176 e. The summed E-state index contributed by atoms with van der Waals surface area (Å²) >= 11 is 0. The van der Waals surface area contributed by atoms with Gasteiger partial charge in [0.1, 0.15) is 6.54 Å². The second-order valence-corrected chi connectivity index (χ2v) is 2.64. The lowest BCUT2D eigenvalue weighted by Crippen LogP contribution is -2.38. The highest BCUT2D eigenvalue weighted by molar-refractivity contribution is 5.14. The van der Waals surface area contributed by atoms with Crippen LogP contribution in [0.25, 0.3) is 0 Å². The third-order valence-corrected chi connectivity index (χ3v) is 1.68. The minimum absolute atomic E-state index is 0.219. The SMILES string of the molecule is NN(CCc1ccccc1)[N+](=O)[O-]. The predicted molar refractivity (Wildman–Crippen MR) is 48.0 cm³/mol. The molecule has 1 aromatic carbocycles. The van der Waals surface area contributed by atoms with Gasteiger partial charge in [-0.05, 0) is 12.0 Å². The summed E-state index contributed by atoms with van der Waals surface area (Å²) in [6.45, 7) is 0.219. The Morgan fingerprint density at radius 3 is 2.54 bits per heavy atom. The number of hydrogen-bond donors (Lipinski definition) is 1. The van der Waals surface area contributed by atoms with Crippen molar-refractivity contribution in [3.8, 4) is 0 Å². The zero-order valence-corrected chi connectivity index (χ0v) is 7.09. The summed E-state index contributed by atoms with van der Waals surface area (Å²) < 4.78 is 0. The highest BCUT2D eigenvalue weighted by Gasteiger charge is 2.06. The second-order valence-electron chi connectivity index (χ2n) is 2.64. The lowest BCUT2D eigenvalue weighted by atomic mass is 10.2. The first-order valence-corrected chi connectivity index (χ1v) is 3.90. The molecule has 0 bridgehead atoms. The van der Waals surface area contributed by atoms with Gasteiger partial charge in [-0.2, -0.15) is 5.84 Å². The number of nitrogens with zero attached hydrogens (tertiary/aromatic N) is 2. The molecule has 0 aliphatic heterocycles. The topological polar surface area (TPSA) is 72.4 Å². The second kappa shape index (κ2) is 4.42. The minimum atomic E-state index is -0.622. The van der Waals surface area contributed by atoms with E-state index < -0.39 is 5.03 Å². The van der Waals surface area contributed by atoms with E-state index in [4.69, 9.17) is 5.84 Å². The van der Waals surface area contributed by atoms with Crippen LogP contribution in [0.15, 0.2) is 30.3 Å². The van der Waals surface area contributed by atoms with E-state index >= 15 is 0 Å². The number of nitro groups is 1. The molecular formula is C8H11N3O2. The van der Waals surface area contributed by atoms with E-state index in [2.05, 4.69) is 0 Å². The maximum absolute atomic E-state index is 10.1. The van der Waals surface area contributed by atoms with Gasteiger partial charge >= 0.3 is 0 Å². The molecule has 1 rings (SSSR count). The maximum atomic E-state index is 10.1. The number of nitrogens with two attached hydrogens (primary N) is 1. The monoisotopic (exact) mass is 181 g/mol. The van der Waals surface area contributed by atoms with Crippen LogP contribution in [-0.2, 0) is 6.42 Å². The van der Waals surface area contributed by atoms with Gasteiger partial charge in [0.05, 0.1) is 0 Å². The van der Waals surface area contributed by atoms with Crippen LogP contribution in [0.2, 0.25) is 0 Å². The molecule has 0 atom stereocenters. The Morgan fingerprint density at radius 1 is 1.38 bits per heavy atom. The molecule has 0 aromatic heterocycles. The van der Waals surface area contributed by atoms with Gasteiger partial charge < -0.3 is 0 Å². The van der Waals surface area contributed by atoms with Gasteiger partial charge in [-0.1, -0.05) is 35.4 Å². The van der Waals surface area contributed by atoms with E-state index in [1.807, 2.05) is 30.3 Å². The van der Waals surface area contributed by atoms with Crippen LogP contribution in [0.1, 0.15) is 5.56 Å². The van der Waals surface area contributed by atoms with Gasteiger partial charge in [-0.25, -0.2) is 10.1 Å². The van der Waals surface area contributed by atoms with Crippen LogP contribution in [-0.4, -0.2) is 16.7 Å². The summed E-state index contributed by atoms with van der Waals surface area (Å²) in [5.74, 6) is 5.10. The van der Waals surface area contributed by atoms with Crippen molar-refractivity contribution in [2.24, 2.45) is 5.84 Å². The first-order chi connectivity index (χ1) is 6.20. The first-order valence-electron chi connectivity index (χ1n) is 3.90. The van der Waals surface area contributed by atoms with Gasteiger partial charge in [0.15, 0.2) is 5.03 Å². The molecule has 0 saturated carbocycles. The van der Waals surface area contributed by atoms with Crippen molar-refractivity contribution in [2.45, 2.75) is 6.42 Å². The molecule has 0 spiro atoms. The summed E-state index contributed by atoms with van der Waals surface area (Å²) in [7, 11) is 0. The van der Waals surface area contributed by atoms with Crippen molar-refractivity contribution in [1.82, 2.24) is 5.12 Å². The molecule has 13 heavy (non-hydrogen) atoms. The lowest BCUT2D eigenvalue weighted by molar-refractivity contribution is -0.658. The highest BCUT2D eigenvalue weighted by Crippen LogP contribution is 1.99. The van der Waals surface area contributed by atoms with Crippen molar-refractivity contribution in [2.75, 3.05) is 6.54 Å². The zero-order valence-electron chi connectivity index (χ0n) is 7.09. The molecule has 0 unspecified atom stereocenters. The molecule has 5 nitrogen and oxygen atoms in total. The largest absolute Gasteiger partial charge is 0.233 e. The third-order valence-electron chi connectivity index (χ3n) is 1.68. The van der Waals surface area contributed by atoms with Crippen LogP contribution < -0.4 is 5.84 Å². The average Bonchev–Trinajstić information content (AvgIpc) is 2.15. The molecule has 0 fully saturated rings. The Bertz CT molecular complexity index is 276. The van der Waals surface area contributed by atoms with E-state index in [1.165, 1.54) is 0 Å². The molecule has 0 aliphatic rings. The van der Waals surface area contributed by atoms with Crippen molar-refractivity contribution >= 4 is 0 Å². The fraction of sp³-hybridized carbons (Fsp3) is 0.250. The van der Waals surface area contributed by atoms with E-state index in [-0.39, 0.29) is 6.54 Å². The molecule has 70 valence electrons. The average molecular weight is 181 g/mol. The highest BCUT2D eigenvalue weighted by atomic mass is 16.7. The summed E-state index contributed by atoms with van der Waals surface area (Å²) in [5.41, 5.74) is 1.04. The Balaban J connectivity index is 2.39. The number of rotatable bonds is 4. The van der Waals surface area contributed by atoms with Crippen molar-refractivity contribution in [3.63, 3.8) is 0 Å². The summed E-state index contributed by atoms with van der Waals surface area (Å²) in [5, 5.41) is 10.1. The van der Waals surface area contributed by atoms with Gasteiger partial charge in [0, 0.05) is 0 Å². The summed E-state index contributed by atoms with van der Waals surface area (Å²) in [4.78, 5) is 10.1. The summed E-state index contributed by atoms with van der Waals surface area (Å²) in [6, 6.07) is 9.50. The standard InChI is InChI=1S/C8H11N3O2/c9-10(11(12)13)7-6-8-4-2-1-3-5-8/h1-5H,6-7,9H2. The number of benzene rings is 1. The minimum Gasteiger partial charge on any atom is -0.233 e. The Hall–Kier alpha value is -1.62. The van der Waals surface area contributed by atoms with Crippen LogP contribution in [0.5, 0.6) is 0 Å². The van der Waals surface area contributed by atoms with Crippen LogP contribution in [0.4, 0.5) is 0 Å². The Kier molecular flexibility index (Phi) is 3.22. The Morgan fingerprint density at radius 2 is 2.00 bits per heavy atom. The molecular weight excluding hydrogens is 170 g/mol. The Labute approximate surface area is 75.9 Å². The van der Waals surface area contributed by atoms with Gasteiger partial charge in [-0.15, -0.1) is 0 Å². The van der Waals surface area contributed by atoms with Crippen molar-refractivity contribution in [1.29, 1.82) is 0 Å². The van der Waals surface area contributed by atoms with Crippen molar-refractivity contribution < 1.29 is 5.03 Å². The third kappa shape index (κ3) is 3.08. The summed E-state index contributed by atoms with van der Waals surface area (Å²) in [6.07, 6.45) is 0.582. The molecule has 0 aliphatic carbocycles. The molecule has 0 radical (unpaired) electrons. The van der Waals surface area contributed by atoms with Crippen LogP contribution in [0.3, 0.4) is 0 Å². The lowest BCUT2D eigenvalue weighted by Gasteiger charge is -2.06. The van der Waals surface area contributed by atoms with Crippen LogP contribution >= 0.6 is 0 Å². The smallest absolute Gasteiger partial charge is 0.176 e. The van der Waals surface area contributed by atoms with Crippen LogP contribution in [0, 0.1) is 10.1 Å². The molecule has 2 N–H and O–H groups in total. The predicted octanol–water partition coefficient (Wildman–Crippen LogP) is 0.596. The van der Waals surface area contributed by atoms with E-state index in [9.17, 15) is 10.1 Å². The fourth-order valence-electron chi connectivity index (χ4n) is 0.970. The van der Waals surface area contributed by atoms with E-state index in [0.717, 1.165) is 5.56 Å². The first kappa shape index (κ1) is 9.47. The molecule has 5 heteroatoms. The normalized spacial score (nSPS) is 9.62. The molecule has 0 amide bonds. The number of hydrogen-bond acceptors (Lipinski definition) is 3.